The topological polar surface area (TPSA) is 33.2 Å². The molecule has 2 heterocycles. The molecule has 0 aliphatic carbocycles. The van der Waals surface area contributed by atoms with Crippen molar-refractivity contribution in [3.63, 3.8) is 0 Å². The van der Waals surface area contributed by atoms with Gasteiger partial charge in [0.1, 0.15) is 11.6 Å². The first-order chi connectivity index (χ1) is 7.20. The highest BCUT2D eigenvalue weighted by Gasteiger charge is 2.30. The zero-order chi connectivity index (χ0) is 10.8. The van der Waals surface area contributed by atoms with E-state index >= 15 is 0 Å². The van der Waals surface area contributed by atoms with E-state index in [2.05, 4.69) is 4.98 Å². The van der Waals surface area contributed by atoms with Crippen LogP contribution in [0.25, 0.3) is 0 Å². The third kappa shape index (κ3) is 2.09. The van der Waals surface area contributed by atoms with Crippen molar-refractivity contribution in [2.45, 2.75) is 6.42 Å². The molecule has 0 radical (unpaired) electrons. The highest BCUT2D eigenvalue weighted by atomic mass is 35.5. The van der Waals surface area contributed by atoms with Crippen molar-refractivity contribution in [2.24, 2.45) is 5.92 Å². The maximum Gasteiger partial charge on any atom is 0.228 e. The molecule has 15 heavy (non-hydrogen) atoms. The monoisotopic (exact) mass is 228 g/mol. The number of hydrogen-bond acceptors (Lipinski definition) is 2. The van der Waals surface area contributed by atoms with E-state index in [0.717, 1.165) is 6.20 Å². The number of alkyl halides is 1. The molecule has 3 nitrogen and oxygen atoms in total. The number of carbonyl (C=O) groups excluding carboxylic acids is 1. The van der Waals surface area contributed by atoms with Crippen molar-refractivity contribution in [3.05, 3.63) is 24.1 Å². The predicted octanol–water partition coefficient (Wildman–Crippen LogP) is 1.81. The highest BCUT2D eigenvalue weighted by Crippen LogP contribution is 2.23. The first-order valence-electron chi connectivity index (χ1n) is 4.68. The van der Waals surface area contributed by atoms with E-state index in [-0.39, 0.29) is 11.8 Å². The normalized spacial score (nSPS) is 21.1. The first kappa shape index (κ1) is 10.4. The molecule has 1 fully saturated rings. The molecule has 1 saturated heterocycles. The van der Waals surface area contributed by atoms with E-state index in [9.17, 15) is 9.18 Å². The van der Waals surface area contributed by atoms with Crippen LogP contribution >= 0.6 is 11.6 Å². The second-order valence-corrected chi connectivity index (χ2v) is 3.87. The Kier molecular flexibility index (Phi) is 2.86. The molecule has 1 aliphatic rings. The molecule has 0 spiro atoms. The summed E-state index contributed by atoms with van der Waals surface area (Å²) in [6.07, 6.45) is 1.55. The summed E-state index contributed by atoms with van der Waals surface area (Å²) in [5.74, 6) is 0.725. The molecule has 1 amide bonds. The number of anilines is 1. The Hall–Kier alpha value is -1.16. The van der Waals surface area contributed by atoms with Gasteiger partial charge in [0.2, 0.25) is 5.91 Å². The lowest BCUT2D eigenvalue weighted by atomic mass is 10.1. The van der Waals surface area contributed by atoms with Gasteiger partial charge < -0.3 is 0 Å². The van der Waals surface area contributed by atoms with Crippen LogP contribution in [0.4, 0.5) is 10.2 Å². The maximum absolute atomic E-state index is 12.6. The van der Waals surface area contributed by atoms with E-state index in [1.807, 2.05) is 0 Å². The van der Waals surface area contributed by atoms with Crippen molar-refractivity contribution in [3.8, 4) is 0 Å². The molecule has 1 atom stereocenters. The zero-order valence-corrected chi connectivity index (χ0v) is 8.75. The Bertz CT molecular complexity index is 368. The molecule has 0 N–H and O–H groups in total. The van der Waals surface area contributed by atoms with Crippen LogP contribution in [0.1, 0.15) is 6.42 Å². The molecular formula is C10H10ClFN2O. The van der Waals surface area contributed by atoms with Crippen LogP contribution in [-0.2, 0) is 4.79 Å². The average Bonchev–Trinajstić information content (AvgIpc) is 2.61. The second-order valence-electron chi connectivity index (χ2n) is 3.56. The molecule has 5 heteroatoms. The average molecular weight is 229 g/mol. The zero-order valence-electron chi connectivity index (χ0n) is 7.99. The number of hydrogen-bond donors (Lipinski definition) is 0. The van der Waals surface area contributed by atoms with Crippen molar-refractivity contribution in [1.82, 2.24) is 4.98 Å². The number of amides is 1. The minimum Gasteiger partial charge on any atom is -0.296 e. The lowest BCUT2D eigenvalue weighted by molar-refractivity contribution is -0.117. The molecule has 0 aromatic carbocycles. The van der Waals surface area contributed by atoms with Gasteiger partial charge in [-0.25, -0.2) is 9.37 Å². The number of aromatic nitrogens is 1. The van der Waals surface area contributed by atoms with E-state index < -0.39 is 5.82 Å². The van der Waals surface area contributed by atoms with Gasteiger partial charge in [0.05, 0.1) is 6.20 Å². The lowest BCUT2D eigenvalue weighted by Gasteiger charge is -2.14. The molecule has 0 saturated carbocycles. The van der Waals surface area contributed by atoms with Crippen LogP contribution in [0.3, 0.4) is 0 Å². The Morgan fingerprint density at radius 2 is 2.40 bits per heavy atom. The fourth-order valence-corrected chi connectivity index (χ4v) is 1.84. The third-order valence-corrected chi connectivity index (χ3v) is 2.85. The predicted molar refractivity (Wildman–Crippen MR) is 55.4 cm³/mol. The Labute approximate surface area is 91.9 Å². The van der Waals surface area contributed by atoms with Crippen molar-refractivity contribution >= 4 is 23.3 Å². The standard InChI is InChI=1S/C10H10ClFN2O/c11-4-7-3-10(15)14(6-7)9-2-1-8(12)5-13-9/h1-2,5,7H,3-4,6H2. The smallest absolute Gasteiger partial charge is 0.228 e. The fraction of sp³-hybridized carbons (Fsp3) is 0.400. The summed E-state index contributed by atoms with van der Waals surface area (Å²) < 4.78 is 12.6. The van der Waals surface area contributed by atoms with Gasteiger partial charge in [0.25, 0.3) is 0 Å². The molecule has 2 rings (SSSR count). The molecule has 1 aromatic rings. The van der Waals surface area contributed by atoms with Gasteiger partial charge in [-0.3, -0.25) is 9.69 Å². The summed E-state index contributed by atoms with van der Waals surface area (Å²) in [5.41, 5.74) is 0. The number of rotatable bonds is 2. The van der Waals surface area contributed by atoms with Crippen molar-refractivity contribution in [1.29, 1.82) is 0 Å². The minimum absolute atomic E-state index is 0.000224. The molecule has 1 aliphatic heterocycles. The summed E-state index contributed by atoms with van der Waals surface area (Å²) in [5, 5.41) is 0. The Morgan fingerprint density at radius 3 is 2.93 bits per heavy atom. The molecule has 1 unspecified atom stereocenters. The molecule has 0 bridgehead atoms. The number of pyridine rings is 1. The fourth-order valence-electron chi connectivity index (χ4n) is 1.63. The van der Waals surface area contributed by atoms with Gasteiger partial charge >= 0.3 is 0 Å². The summed E-state index contributed by atoms with van der Waals surface area (Å²) in [4.78, 5) is 17.0. The van der Waals surface area contributed by atoms with Gasteiger partial charge in [-0.1, -0.05) is 0 Å². The van der Waals surface area contributed by atoms with E-state index in [1.54, 1.807) is 4.90 Å². The van der Waals surface area contributed by atoms with Gasteiger partial charge in [-0.05, 0) is 18.1 Å². The second kappa shape index (κ2) is 4.14. The van der Waals surface area contributed by atoms with Crippen LogP contribution in [0.2, 0.25) is 0 Å². The summed E-state index contributed by atoms with van der Waals surface area (Å²) in [7, 11) is 0. The number of carbonyl (C=O) groups is 1. The van der Waals surface area contributed by atoms with Gasteiger partial charge in [0.15, 0.2) is 0 Å². The van der Waals surface area contributed by atoms with Crippen LogP contribution in [0.5, 0.6) is 0 Å². The lowest BCUT2D eigenvalue weighted by Crippen LogP contribution is -2.25. The van der Waals surface area contributed by atoms with Crippen LogP contribution < -0.4 is 4.90 Å². The van der Waals surface area contributed by atoms with Gasteiger partial charge in [-0.2, -0.15) is 0 Å². The van der Waals surface area contributed by atoms with Crippen molar-refractivity contribution in [2.75, 3.05) is 17.3 Å². The SMILES string of the molecule is O=C1CC(CCl)CN1c1ccc(F)cn1. The van der Waals surface area contributed by atoms with Crippen molar-refractivity contribution < 1.29 is 9.18 Å². The Morgan fingerprint density at radius 1 is 1.60 bits per heavy atom. The van der Waals surface area contributed by atoms with E-state index in [0.29, 0.717) is 24.7 Å². The van der Waals surface area contributed by atoms with Gasteiger partial charge in [0, 0.05) is 18.8 Å². The third-order valence-electron chi connectivity index (χ3n) is 2.41. The Balaban J connectivity index is 2.18. The molecular weight excluding hydrogens is 219 g/mol. The summed E-state index contributed by atoms with van der Waals surface area (Å²) in [6, 6.07) is 2.80. The minimum atomic E-state index is -0.403. The van der Waals surface area contributed by atoms with Crippen LogP contribution in [0.15, 0.2) is 18.3 Å². The van der Waals surface area contributed by atoms with Crippen LogP contribution in [-0.4, -0.2) is 23.3 Å². The first-order valence-corrected chi connectivity index (χ1v) is 5.22. The van der Waals surface area contributed by atoms with E-state index in [1.165, 1.54) is 12.1 Å². The maximum atomic E-state index is 12.6. The van der Waals surface area contributed by atoms with Crippen LogP contribution in [0, 0.1) is 11.7 Å². The largest absolute Gasteiger partial charge is 0.296 e. The van der Waals surface area contributed by atoms with E-state index in [4.69, 9.17) is 11.6 Å². The quantitative estimate of drug-likeness (QED) is 0.724. The number of nitrogens with zero attached hydrogens (tertiary/aromatic N) is 2. The van der Waals surface area contributed by atoms with Gasteiger partial charge in [-0.15, -0.1) is 11.6 Å². The number of halogens is 2. The summed E-state index contributed by atoms with van der Waals surface area (Å²) >= 11 is 5.69. The molecule has 1 aromatic heterocycles. The summed E-state index contributed by atoms with van der Waals surface area (Å²) in [6.45, 7) is 0.570. The molecule has 80 valence electrons. The highest BCUT2D eigenvalue weighted by molar-refractivity contribution is 6.18.